The molecule has 0 bridgehead atoms. The Balaban J connectivity index is 1.75. The van der Waals surface area contributed by atoms with E-state index >= 15 is 0 Å². The van der Waals surface area contributed by atoms with Gasteiger partial charge in [-0.1, -0.05) is 54.6 Å². The summed E-state index contributed by atoms with van der Waals surface area (Å²) >= 11 is 0. The fraction of sp³-hybridized carbons (Fsp3) is 0.278. The third-order valence-corrected chi connectivity index (χ3v) is 4.09. The van der Waals surface area contributed by atoms with E-state index < -0.39 is 0 Å². The van der Waals surface area contributed by atoms with Crippen molar-refractivity contribution >= 4 is 5.91 Å². The molecule has 0 saturated carbocycles. The van der Waals surface area contributed by atoms with E-state index in [9.17, 15) is 4.79 Å². The van der Waals surface area contributed by atoms with Crippen LogP contribution in [0.25, 0.3) is 0 Å². The van der Waals surface area contributed by atoms with Gasteiger partial charge in [-0.15, -0.1) is 0 Å². The lowest BCUT2D eigenvalue weighted by molar-refractivity contribution is -0.125. The lowest BCUT2D eigenvalue weighted by atomic mass is 9.96. The molecule has 1 fully saturated rings. The topological polar surface area (TPSA) is 41.1 Å². The molecule has 2 aromatic rings. The zero-order valence-electron chi connectivity index (χ0n) is 12.2. The second-order valence-corrected chi connectivity index (χ2v) is 5.56. The van der Waals surface area contributed by atoms with E-state index in [4.69, 9.17) is 0 Å². The van der Waals surface area contributed by atoms with Gasteiger partial charge in [0.25, 0.3) is 0 Å². The maximum atomic E-state index is 12.1. The van der Waals surface area contributed by atoms with Gasteiger partial charge in [0.2, 0.25) is 5.91 Å². The largest absolute Gasteiger partial charge is 0.353 e. The Morgan fingerprint density at radius 1 is 1.05 bits per heavy atom. The van der Waals surface area contributed by atoms with E-state index in [2.05, 4.69) is 41.8 Å². The fourth-order valence-electron chi connectivity index (χ4n) is 2.81. The van der Waals surface area contributed by atoms with Crippen LogP contribution in [0.2, 0.25) is 0 Å². The number of nitrogens with one attached hydrogen (secondary N) is 2. The third kappa shape index (κ3) is 3.14. The number of hydrogen-bond donors (Lipinski definition) is 2. The highest BCUT2D eigenvalue weighted by Gasteiger charge is 2.28. The maximum Gasteiger partial charge on any atom is 0.237 e. The minimum absolute atomic E-state index is 0.0884. The molecule has 3 rings (SSSR count). The highest BCUT2D eigenvalue weighted by Crippen LogP contribution is 2.18. The predicted octanol–water partition coefficient (Wildman–Crippen LogP) is 2.37. The first kappa shape index (κ1) is 13.8. The average Bonchev–Trinajstić information content (AvgIpc) is 2.52. The zero-order chi connectivity index (χ0) is 14.7. The van der Waals surface area contributed by atoms with Crippen LogP contribution in [0.1, 0.15) is 22.7 Å². The van der Waals surface area contributed by atoms with Crippen molar-refractivity contribution in [3.05, 3.63) is 71.3 Å². The Bertz CT molecular complexity index is 624. The smallest absolute Gasteiger partial charge is 0.237 e. The molecule has 1 saturated heterocycles. The van der Waals surface area contributed by atoms with Gasteiger partial charge in [0.1, 0.15) is 0 Å². The molecular weight excluding hydrogens is 260 g/mol. The summed E-state index contributed by atoms with van der Waals surface area (Å²) in [6.45, 7) is 2.73. The van der Waals surface area contributed by atoms with E-state index in [1.54, 1.807) is 0 Å². The number of carbonyl (C=O) groups is 1. The van der Waals surface area contributed by atoms with Gasteiger partial charge < -0.3 is 5.32 Å². The maximum absolute atomic E-state index is 12.1. The molecule has 0 aliphatic carbocycles. The van der Waals surface area contributed by atoms with Gasteiger partial charge in [-0.3, -0.25) is 10.1 Å². The average molecular weight is 280 g/mol. The first-order chi connectivity index (χ1) is 10.2. The summed E-state index contributed by atoms with van der Waals surface area (Å²) in [6, 6.07) is 18.5. The van der Waals surface area contributed by atoms with Crippen LogP contribution < -0.4 is 10.6 Å². The Hall–Kier alpha value is -2.13. The lowest BCUT2D eigenvalue weighted by Gasteiger charge is -2.31. The predicted molar refractivity (Wildman–Crippen MR) is 84.0 cm³/mol. The second-order valence-electron chi connectivity index (χ2n) is 5.56. The van der Waals surface area contributed by atoms with Gasteiger partial charge in [-0.2, -0.15) is 0 Å². The Labute approximate surface area is 125 Å². The summed E-state index contributed by atoms with van der Waals surface area (Å²) in [6.07, 6.45) is 0.724. The van der Waals surface area contributed by atoms with Gasteiger partial charge in [-0.05, 0) is 30.0 Å². The Morgan fingerprint density at radius 2 is 1.76 bits per heavy atom. The van der Waals surface area contributed by atoms with Crippen LogP contribution in [-0.4, -0.2) is 18.5 Å². The third-order valence-electron chi connectivity index (χ3n) is 4.09. The van der Waals surface area contributed by atoms with Crippen LogP contribution in [-0.2, 0) is 11.2 Å². The molecule has 3 nitrogen and oxygen atoms in total. The number of hydrogen-bond acceptors (Lipinski definition) is 2. The van der Waals surface area contributed by atoms with E-state index in [0.29, 0.717) is 6.54 Å². The molecule has 3 heteroatoms. The van der Waals surface area contributed by atoms with E-state index in [1.807, 2.05) is 30.3 Å². The molecule has 1 aliphatic rings. The summed E-state index contributed by atoms with van der Waals surface area (Å²) in [4.78, 5) is 12.1. The molecule has 2 atom stereocenters. The molecule has 0 unspecified atom stereocenters. The Morgan fingerprint density at radius 3 is 2.52 bits per heavy atom. The van der Waals surface area contributed by atoms with Crippen molar-refractivity contribution in [2.45, 2.75) is 25.4 Å². The number of rotatable bonds is 3. The van der Waals surface area contributed by atoms with Crippen molar-refractivity contribution in [2.24, 2.45) is 0 Å². The molecule has 108 valence electrons. The minimum Gasteiger partial charge on any atom is -0.353 e. The first-order valence-corrected chi connectivity index (χ1v) is 7.37. The Kier molecular flexibility index (Phi) is 4.02. The summed E-state index contributed by atoms with van der Waals surface area (Å²) in [5.41, 5.74) is 3.67. The van der Waals surface area contributed by atoms with Crippen molar-refractivity contribution in [3.63, 3.8) is 0 Å². The van der Waals surface area contributed by atoms with Crippen molar-refractivity contribution in [1.82, 2.24) is 10.6 Å². The molecule has 2 N–H and O–H groups in total. The minimum atomic E-state index is -0.176. The van der Waals surface area contributed by atoms with E-state index in [-0.39, 0.29) is 18.0 Å². The van der Waals surface area contributed by atoms with Crippen molar-refractivity contribution in [2.75, 3.05) is 6.54 Å². The van der Waals surface area contributed by atoms with Gasteiger partial charge in [-0.25, -0.2) is 0 Å². The van der Waals surface area contributed by atoms with Crippen LogP contribution in [0.3, 0.4) is 0 Å². The van der Waals surface area contributed by atoms with E-state index in [0.717, 1.165) is 6.42 Å². The highest BCUT2D eigenvalue weighted by molar-refractivity contribution is 5.83. The van der Waals surface area contributed by atoms with Crippen LogP contribution >= 0.6 is 0 Å². The number of carbonyl (C=O) groups excluding carboxylic acids is 1. The molecule has 1 aliphatic heterocycles. The number of amides is 1. The molecule has 21 heavy (non-hydrogen) atoms. The van der Waals surface area contributed by atoms with Crippen molar-refractivity contribution in [3.8, 4) is 0 Å². The second kappa shape index (κ2) is 6.10. The summed E-state index contributed by atoms with van der Waals surface area (Å²) in [5, 5.41) is 6.50. The monoisotopic (exact) mass is 280 g/mol. The first-order valence-electron chi connectivity index (χ1n) is 7.37. The summed E-state index contributed by atoms with van der Waals surface area (Å²) < 4.78 is 0. The number of piperazine rings is 1. The molecule has 0 radical (unpaired) electrons. The normalized spacial score (nSPS) is 21.9. The lowest BCUT2D eigenvalue weighted by Crippen LogP contribution is -2.55. The van der Waals surface area contributed by atoms with Gasteiger partial charge in [0.15, 0.2) is 0 Å². The van der Waals surface area contributed by atoms with Crippen LogP contribution in [0, 0.1) is 6.92 Å². The van der Waals surface area contributed by atoms with Crippen LogP contribution in [0.15, 0.2) is 54.6 Å². The molecule has 2 aromatic carbocycles. The molecule has 0 aromatic heterocycles. The van der Waals surface area contributed by atoms with Crippen LogP contribution in [0.4, 0.5) is 0 Å². The molecular formula is C18H20N2O. The zero-order valence-corrected chi connectivity index (χ0v) is 12.2. The van der Waals surface area contributed by atoms with Crippen molar-refractivity contribution in [1.29, 1.82) is 0 Å². The highest BCUT2D eigenvalue weighted by atomic mass is 16.2. The fourth-order valence-corrected chi connectivity index (χ4v) is 2.81. The quantitative estimate of drug-likeness (QED) is 0.906. The van der Waals surface area contributed by atoms with Gasteiger partial charge in [0, 0.05) is 6.54 Å². The number of aryl methyl sites for hydroxylation is 1. The molecule has 0 spiro atoms. The summed E-state index contributed by atoms with van der Waals surface area (Å²) in [7, 11) is 0. The van der Waals surface area contributed by atoms with Crippen LogP contribution in [0.5, 0.6) is 0 Å². The van der Waals surface area contributed by atoms with E-state index in [1.165, 1.54) is 16.7 Å². The SMILES string of the molecule is Cc1ccccc1C[C@@H]1N[C@H](c2ccccc2)CNC1=O. The van der Waals surface area contributed by atoms with Gasteiger partial charge in [0.05, 0.1) is 12.1 Å². The van der Waals surface area contributed by atoms with Crippen molar-refractivity contribution < 1.29 is 4.79 Å². The number of benzene rings is 2. The summed E-state index contributed by atoms with van der Waals surface area (Å²) in [5.74, 6) is 0.0884. The molecule has 1 amide bonds. The van der Waals surface area contributed by atoms with Gasteiger partial charge >= 0.3 is 0 Å². The molecule has 1 heterocycles. The standard InChI is InChI=1S/C18H20N2O/c1-13-7-5-6-10-15(13)11-16-18(21)19-12-17(20-16)14-8-3-2-4-9-14/h2-10,16-17,20H,11-12H2,1H3,(H,19,21)/t16-,17-/m0/s1.